The summed E-state index contributed by atoms with van der Waals surface area (Å²) in [6, 6.07) is 19.0. The van der Waals surface area contributed by atoms with E-state index in [0.29, 0.717) is 44.4 Å². The highest BCUT2D eigenvalue weighted by atomic mass is 35.5. The molecular weight excluding hydrogens is 495 g/mol. The third kappa shape index (κ3) is 7.16. The van der Waals surface area contributed by atoms with E-state index in [-0.39, 0.29) is 12.2 Å². The molecule has 0 fully saturated rings. The lowest BCUT2D eigenvalue weighted by atomic mass is 10.1. The number of nitriles is 1. The fourth-order valence-electron chi connectivity index (χ4n) is 2.88. The van der Waals surface area contributed by atoms with E-state index in [4.69, 9.17) is 44.3 Å². The normalized spacial score (nSPS) is 11.0. The van der Waals surface area contributed by atoms with Gasteiger partial charge in [-0.15, -0.1) is 0 Å². The number of halogens is 3. The Kier molecular flexibility index (Phi) is 9.24. The molecule has 0 aliphatic heterocycles. The third-order valence-corrected chi connectivity index (χ3v) is 5.50. The number of anilines is 1. The van der Waals surface area contributed by atoms with Crippen LogP contribution in [0, 0.1) is 11.3 Å². The van der Waals surface area contributed by atoms with Crippen LogP contribution in [-0.2, 0) is 11.4 Å². The smallest absolute Gasteiger partial charge is 0.266 e. The predicted molar refractivity (Wildman–Crippen MR) is 137 cm³/mol. The van der Waals surface area contributed by atoms with Crippen LogP contribution in [0.1, 0.15) is 24.5 Å². The van der Waals surface area contributed by atoms with Crippen LogP contribution >= 0.6 is 34.8 Å². The van der Waals surface area contributed by atoms with Crippen LogP contribution in [-0.4, -0.2) is 12.5 Å². The van der Waals surface area contributed by atoms with Gasteiger partial charge in [-0.25, -0.2) is 0 Å². The fraction of sp³-hybridized carbons (Fsp3) is 0.154. The summed E-state index contributed by atoms with van der Waals surface area (Å²) >= 11 is 18.3. The molecule has 8 heteroatoms. The molecule has 5 nitrogen and oxygen atoms in total. The minimum Gasteiger partial charge on any atom is -0.492 e. The Morgan fingerprint density at radius 3 is 2.41 bits per heavy atom. The van der Waals surface area contributed by atoms with Gasteiger partial charge in [0.25, 0.3) is 5.91 Å². The van der Waals surface area contributed by atoms with Gasteiger partial charge in [-0.3, -0.25) is 4.79 Å². The van der Waals surface area contributed by atoms with E-state index in [0.717, 1.165) is 12.0 Å². The van der Waals surface area contributed by atoms with Crippen molar-refractivity contribution in [3.05, 3.63) is 92.4 Å². The van der Waals surface area contributed by atoms with Gasteiger partial charge < -0.3 is 14.8 Å². The number of benzene rings is 3. The molecule has 0 aromatic heterocycles. The second-order valence-corrected chi connectivity index (χ2v) is 8.46. The first-order chi connectivity index (χ1) is 16.4. The number of amides is 1. The van der Waals surface area contributed by atoms with Gasteiger partial charge in [-0.1, -0.05) is 53.9 Å². The molecule has 0 bridgehead atoms. The van der Waals surface area contributed by atoms with Crippen molar-refractivity contribution in [2.24, 2.45) is 0 Å². The van der Waals surface area contributed by atoms with E-state index in [2.05, 4.69) is 5.32 Å². The van der Waals surface area contributed by atoms with Crippen LogP contribution in [0.3, 0.4) is 0 Å². The van der Waals surface area contributed by atoms with E-state index in [1.807, 2.05) is 13.0 Å². The summed E-state index contributed by atoms with van der Waals surface area (Å²) < 4.78 is 11.3. The van der Waals surface area contributed by atoms with E-state index in [1.54, 1.807) is 60.7 Å². The van der Waals surface area contributed by atoms with Crippen molar-refractivity contribution in [2.75, 3.05) is 11.9 Å². The molecular formula is C26H21Cl3N2O3. The quantitative estimate of drug-likeness (QED) is 0.236. The van der Waals surface area contributed by atoms with Crippen molar-refractivity contribution in [2.45, 2.75) is 20.0 Å². The zero-order valence-corrected chi connectivity index (χ0v) is 20.5. The summed E-state index contributed by atoms with van der Waals surface area (Å²) in [5.41, 5.74) is 1.88. The number of carbonyl (C=O) groups excluding carboxylic acids is 1. The van der Waals surface area contributed by atoms with Crippen LogP contribution in [0.2, 0.25) is 15.1 Å². The van der Waals surface area contributed by atoms with E-state index in [9.17, 15) is 10.1 Å². The summed E-state index contributed by atoms with van der Waals surface area (Å²) in [7, 11) is 0. The number of carbonyl (C=O) groups is 1. The highest BCUT2D eigenvalue weighted by Crippen LogP contribution is 2.27. The fourth-order valence-corrected chi connectivity index (χ4v) is 3.59. The average molecular weight is 516 g/mol. The van der Waals surface area contributed by atoms with Crippen LogP contribution in [0.15, 0.2) is 66.2 Å². The molecule has 0 radical (unpaired) electrons. The summed E-state index contributed by atoms with van der Waals surface area (Å²) in [5, 5.41) is 13.7. The van der Waals surface area contributed by atoms with Gasteiger partial charge in [0.1, 0.15) is 29.7 Å². The lowest BCUT2D eigenvalue weighted by molar-refractivity contribution is -0.112. The van der Waals surface area contributed by atoms with Crippen molar-refractivity contribution in [1.82, 2.24) is 0 Å². The molecule has 0 saturated carbocycles. The maximum atomic E-state index is 12.6. The molecule has 0 spiro atoms. The standard InChI is InChI=1S/C26H21Cl3N2O3/c1-2-11-33-25-10-3-17(13-24(25)29)12-19(15-30)26(32)31-21-6-8-22(9-7-21)34-16-18-4-5-20(27)14-23(18)28/h3-10,12-14H,2,11,16H2,1H3,(H,31,32)/b19-12+. The van der Waals surface area contributed by atoms with Gasteiger partial charge in [0.2, 0.25) is 0 Å². The van der Waals surface area contributed by atoms with E-state index in [1.165, 1.54) is 6.08 Å². The van der Waals surface area contributed by atoms with Crippen LogP contribution in [0.25, 0.3) is 6.08 Å². The molecule has 0 heterocycles. The monoisotopic (exact) mass is 514 g/mol. The Morgan fingerprint density at radius 2 is 1.76 bits per heavy atom. The first-order valence-electron chi connectivity index (χ1n) is 10.4. The minimum absolute atomic E-state index is 0.0593. The molecule has 3 aromatic carbocycles. The summed E-state index contributed by atoms with van der Waals surface area (Å²) in [6.07, 6.45) is 2.33. The number of hydrogen-bond donors (Lipinski definition) is 1. The molecule has 1 N–H and O–H groups in total. The molecule has 0 aliphatic carbocycles. The minimum atomic E-state index is -0.536. The lowest BCUT2D eigenvalue weighted by Gasteiger charge is -2.10. The molecule has 3 rings (SSSR count). The summed E-state index contributed by atoms with van der Waals surface area (Å²) in [6.45, 7) is 2.83. The Bertz CT molecular complexity index is 1240. The van der Waals surface area contributed by atoms with Crippen molar-refractivity contribution in [3.63, 3.8) is 0 Å². The maximum absolute atomic E-state index is 12.6. The van der Waals surface area contributed by atoms with Gasteiger partial charge in [0.05, 0.1) is 11.6 Å². The Labute approximate surface area is 213 Å². The highest BCUT2D eigenvalue weighted by Gasteiger charge is 2.11. The first-order valence-corrected chi connectivity index (χ1v) is 11.5. The molecule has 174 valence electrons. The third-order valence-electron chi connectivity index (χ3n) is 4.62. The van der Waals surface area contributed by atoms with Gasteiger partial charge >= 0.3 is 0 Å². The largest absolute Gasteiger partial charge is 0.492 e. The van der Waals surface area contributed by atoms with Gasteiger partial charge in [-0.2, -0.15) is 5.26 Å². The zero-order chi connectivity index (χ0) is 24.5. The van der Waals surface area contributed by atoms with Crippen LogP contribution in [0.5, 0.6) is 11.5 Å². The molecule has 0 saturated heterocycles. The molecule has 0 atom stereocenters. The summed E-state index contributed by atoms with van der Waals surface area (Å²) in [5.74, 6) is 0.621. The Balaban J connectivity index is 1.62. The average Bonchev–Trinajstić information content (AvgIpc) is 2.82. The number of hydrogen-bond acceptors (Lipinski definition) is 4. The number of nitrogens with zero attached hydrogens (tertiary/aromatic N) is 1. The molecule has 0 aliphatic rings. The topological polar surface area (TPSA) is 71.3 Å². The second kappa shape index (κ2) is 12.3. The second-order valence-electron chi connectivity index (χ2n) is 7.21. The maximum Gasteiger partial charge on any atom is 0.266 e. The van der Waals surface area contributed by atoms with Gasteiger partial charge in [0, 0.05) is 21.3 Å². The zero-order valence-electron chi connectivity index (χ0n) is 18.3. The Hall–Kier alpha value is -3.17. The van der Waals surface area contributed by atoms with Crippen LogP contribution < -0.4 is 14.8 Å². The Morgan fingerprint density at radius 1 is 1.00 bits per heavy atom. The van der Waals surface area contributed by atoms with E-state index >= 15 is 0 Å². The molecule has 34 heavy (non-hydrogen) atoms. The predicted octanol–water partition coefficient (Wildman–Crippen LogP) is 7.56. The van der Waals surface area contributed by atoms with Crippen molar-refractivity contribution < 1.29 is 14.3 Å². The summed E-state index contributed by atoms with van der Waals surface area (Å²) in [4.78, 5) is 12.6. The highest BCUT2D eigenvalue weighted by molar-refractivity contribution is 6.35. The van der Waals surface area contributed by atoms with Crippen molar-refractivity contribution >= 4 is 52.5 Å². The van der Waals surface area contributed by atoms with Crippen molar-refractivity contribution in [1.29, 1.82) is 5.26 Å². The molecule has 1 amide bonds. The number of nitrogens with one attached hydrogen (secondary N) is 1. The molecule has 0 unspecified atom stereocenters. The lowest BCUT2D eigenvalue weighted by Crippen LogP contribution is -2.13. The van der Waals surface area contributed by atoms with Crippen LogP contribution in [0.4, 0.5) is 5.69 Å². The van der Waals surface area contributed by atoms with Gasteiger partial charge in [-0.05, 0) is 66.6 Å². The molecule has 3 aromatic rings. The van der Waals surface area contributed by atoms with E-state index < -0.39 is 5.91 Å². The first kappa shape index (κ1) is 25.5. The van der Waals surface area contributed by atoms with Gasteiger partial charge in [0.15, 0.2) is 0 Å². The SMILES string of the molecule is CCCOc1ccc(/C=C(\C#N)C(=O)Nc2ccc(OCc3ccc(Cl)cc3Cl)cc2)cc1Cl. The number of rotatable bonds is 9. The number of ether oxygens (including phenoxy) is 2. The van der Waals surface area contributed by atoms with Crippen molar-refractivity contribution in [3.8, 4) is 17.6 Å².